The first kappa shape index (κ1) is 9.40. The lowest BCUT2D eigenvalue weighted by Gasteiger charge is -1.98. The smallest absolute Gasteiger partial charge is 0.143 e. The first-order valence-electron chi connectivity index (χ1n) is 4.59. The first-order valence-corrected chi connectivity index (χ1v) is 4.59. The lowest BCUT2D eigenvalue weighted by molar-refractivity contribution is 0.512. The molecule has 0 amide bonds. The number of rotatable bonds is 2. The molecular weight excluding hydrogens is 188 g/mol. The Morgan fingerprint density at radius 1 is 1.00 bits per heavy atom. The largest absolute Gasteiger partial charge is 0.506 e. The molecule has 0 saturated heterocycles. The van der Waals surface area contributed by atoms with E-state index < -0.39 is 0 Å². The van der Waals surface area contributed by atoms with Gasteiger partial charge in [0.1, 0.15) is 11.5 Å². The molecule has 1 N–H and O–H groups in total. The van der Waals surface area contributed by atoms with Crippen molar-refractivity contribution in [2.75, 3.05) is 0 Å². The monoisotopic (exact) mass is 198 g/mol. The Bertz CT molecular complexity index is 452. The van der Waals surface area contributed by atoms with Gasteiger partial charge in [-0.2, -0.15) is 0 Å². The molecule has 74 valence electrons. The van der Waals surface area contributed by atoms with Crippen LogP contribution in [0, 0.1) is 0 Å². The van der Waals surface area contributed by atoms with Crippen molar-refractivity contribution >= 4 is 11.8 Å². The number of hydrogen-bond acceptors (Lipinski definition) is 3. The van der Waals surface area contributed by atoms with Crippen molar-refractivity contribution in [3.8, 4) is 0 Å². The van der Waals surface area contributed by atoms with E-state index in [9.17, 15) is 5.11 Å². The summed E-state index contributed by atoms with van der Waals surface area (Å²) >= 11 is 0. The van der Waals surface area contributed by atoms with Crippen LogP contribution in [0.1, 0.15) is 11.4 Å². The third-order valence-electron chi connectivity index (χ3n) is 1.90. The normalized spacial score (nSPS) is 11.3. The zero-order valence-corrected chi connectivity index (χ0v) is 8.04. The Labute approximate surface area is 87.8 Å². The van der Waals surface area contributed by atoms with E-state index >= 15 is 0 Å². The Morgan fingerprint density at radius 3 is 2.33 bits per heavy atom. The third-order valence-corrected chi connectivity index (χ3v) is 1.90. The van der Waals surface area contributed by atoms with Crippen LogP contribution in [0.3, 0.4) is 0 Å². The Kier molecular flexibility index (Phi) is 2.74. The predicted molar refractivity (Wildman–Crippen MR) is 59.0 cm³/mol. The second-order valence-corrected chi connectivity index (χ2v) is 3.00. The van der Waals surface area contributed by atoms with Crippen molar-refractivity contribution in [1.29, 1.82) is 0 Å². The number of aliphatic hydroxyl groups excluding tert-OH is 1. The summed E-state index contributed by atoms with van der Waals surface area (Å²) in [5.74, 6) is 0.120. The van der Waals surface area contributed by atoms with Crippen molar-refractivity contribution in [3.05, 3.63) is 60.2 Å². The van der Waals surface area contributed by atoms with Gasteiger partial charge in [-0.05, 0) is 24.3 Å². The van der Waals surface area contributed by atoms with Gasteiger partial charge in [-0.25, -0.2) is 0 Å². The van der Waals surface area contributed by atoms with Gasteiger partial charge in [0.15, 0.2) is 0 Å². The average Bonchev–Trinajstić information content (AvgIpc) is 2.31. The van der Waals surface area contributed by atoms with E-state index in [1.165, 1.54) is 0 Å². The highest BCUT2D eigenvalue weighted by molar-refractivity contribution is 5.73. The maximum Gasteiger partial charge on any atom is 0.143 e. The highest BCUT2D eigenvalue weighted by atomic mass is 16.3. The molecule has 0 aliphatic carbocycles. The summed E-state index contributed by atoms with van der Waals surface area (Å²) in [5, 5.41) is 9.73. The lowest BCUT2D eigenvalue weighted by atomic mass is 10.2. The molecule has 3 nitrogen and oxygen atoms in total. The summed E-state index contributed by atoms with van der Waals surface area (Å²) in [5.41, 5.74) is 1.25. The van der Waals surface area contributed by atoms with Crippen LogP contribution in [0.25, 0.3) is 11.8 Å². The standard InChI is InChI=1S/C12H10N2O/c15-12(11-6-2-4-8-14-11)9-10-5-1-3-7-13-10/h1-9,15H/b12-9+. The molecule has 2 aromatic rings. The Hall–Kier alpha value is -2.16. The van der Waals surface area contributed by atoms with Crippen molar-refractivity contribution in [1.82, 2.24) is 9.97 Å². The molecule has 2 heterocycles. The van der Waals surface area contributed by atoms with Gasteiger partial charge in [0.25, 0.3) is 0 Å². The van der Waals surface area contributed by atoms with Gasteiger partial charge >= 0.3 is 0 Å². The van der Waals surface area contributed by atoms with Gasteiger partial charge in [0.05, 0.1) is 5.69 Å². The van der Waals surface area contributed by atoms with E-state index in [4.69, 9.17) is 0 Å². The number of nitrogens with zero attached hydrogens (tertiary/aromatic N) is 2. The van der Waals surface area contributed by atoms with E-state index in [0.717, 1.165) is 0 Å². The average molecular weight is 198 g/mol. The van der Waals surface area contributed by atoms with Crippen molar-refractivity contribution in [2.45, 2.75) is 0 Å². The first-order chi connectivity index (χ1) is 7.36. The molecule has 0 radical (unpaired) electrons. The topological polar surface area (TPSA) is 46.0 Å². The summed E-state index contributed by atoms with van der Waals surface area (Å²) < 4.78 is 0. The number of aromatic nitrogens is 2. The number of pyridine rings is 2. The van der Waals surface area contributed by atoms with Crippen molar-refractivity contribution in [3.63, 3.8) is 0 Å². The predicted octanol–water partition coefficient (Wildman–Crippen LogP) is 2.53. The molecule has 0 unspecified atom stereocenters. The maximum absolute atomic E-state index is 9.73. The quantitative estimate of drug-likeness (QED) is 0.754. The fourth-order valence-electron chi connectivity index (χ4n) is 1.19. The van der Waals surface area contributed by atoms with Gasteiger partial charge in [-0.1, -0.05) is 12.1 Å². The summed E-state index contributed by atoms with van der Waals surface area (Å²) in [4.78, 5) is 8.11. The molecule has 0 aromatic carbocycles. The molecule has 0 atom stereocenters. The van der Waals surface area contributed by atoms with Crippen LogP contribution in [0.15, 0.2) is 48.8 Å². The Balaban J connectivity index is 2.29. The maximum atomic E-state index is 9.73. The molecule has 3 heteroatoms. The van der Waals surface area contributed by atoms with Crippen LogP contribution >= 0.6 is 0 Å². The minimum absolute atomic E-state index is 0.120. The summed E-state index contributed by atoms with van der Waals surface area (Å²) in [6, 6.07) is 10.9. The van der Waals surface area contributed by atoms with Gasteiger partial charge in [-0.3, -0.25) is 9.97 Å². The van der Waals surface area contributed by atoms with Gasteiger partial charge in [-0.15, -0.1) is 0 Å². The minimum atomic E-state index is 0.120. The summed E-state index contributed by atoms with van der Waals surface area (Å²) in [7, 11) is 0. The molecule has 0 spiro atoms. The zero-order valence-electron chi connectivity index (χ0n) is 8.04. The minimum Gasteiger partial charge on any atom is -0.506 e. The second-order valence-electron chi connectivity index (χ2n) is 3.00. The van der Waals surface area contributed by atoms with E-state index in [0.29, 0.717) is 11.4 Å². The fraction of sp³-hybridized carbons (Fsp3) is 0. The van der Waals surface area contributed by atoms with Crippen molar-refractivity contribution in [2.24, 2.45) is 0 Å². The van der Waals surface area contributed by atoms with E-state index in [1.807, 2.05) is 24.3 Å². The molecule has 15 heavy (non-hydrogen) atoms. The van der Waals surface area contributed by atoms with Crippen molar-refractivity contribution < 1.29 is 5.11 Å². The molecule has 0 aliphatic rings. The second kappa shape index (κ2) is 4.37. The molecule has 0 aliphatic heterocycles. The highest BCUT2D eigenvalue weighted by Gasteiger charge is 1.99. The SMILES string of the molecule is O/C(=C/c1ccccn1)c1ccccn1. The van der Waals surface area contributed by atoms with Crippen LogP contribution < -0.4 is 0 Å². The molecule has 0 saturated carbocycles. The van der Waals surface area contributed by atoms with E-state index in [2.05, 4.69) is 9.97 Å². The third kappa shape index (κ3) is 2.40. The zero-order chi connectivity index (χ0) is 10.5. The lowest BCUT2D eigenvalue weighted by Crippen LogP contribution is -1.87. The van der Waals surface area contributed by atoms with Gasteiger partial charge in [0, 0.05) is 18.5 Å². The number of hydrogen-bond donors (Lipinski definition) is 1. The van der Waals surface area contributed by atoms with E-state index in [1.54, 1.807) is 30.6 Å². The fourth-order valence-corrected chi connectivity index (χ4v) is 1.19. The van der Waals surface area contributed by atoms with Crippen LogP contribution in [0.4, 0.5) is 0 Å². The van der Waals surface area contributed by atoms with Crippen LogP contribution in [0.5, 0.6) is 0 Å². The molecular formula is C12H10N2O. The molecule has 2 rings (SSSR count). The molecule has 0 fully saturated rings. The van der Waals surface area contributed by atoms with Gasteiger partial charge < -0.3 is 5.11 Å². The van der Waals surface area contributed by atoms with Gasteiger partial charge in [0.2, 0.25) is 0 Å². The summed E-state index contributed by atoms with van der Waals surface area (Å²) in [6.45, 7) is 0. The van der Waals surface area contributed by atoms with Crippen LogP contribution in [-0.2, 0) is 0 Å². The number of aliphatic hydroxyl groups is 1. The molecule has 2 aromatic heterocycles. The van der Waals surface area contributed by atoms with Crippen LogP contribution in [-0.4, -0.2) is 15.1 Å². The summed E-state index contributed by atoms with van der Waals surface area (Å²) in [6.07, 6.45) is 4.90. The highest BCUT2D eigenvalue weighted by Crippen LogP contribution is 2.10. The van der Waals surface area contributed by atoms with E-state index in [-0.39, 0.29) is 5.76 Å². The Morgan fingerprint density at radius 2 is 1.73 bits per heavy atom. The van der Waals surface area contributed by atoms with Crippen LogP contribution in [0.2, 0.25) is 0 Å². The molecule has 0 bridgehead atoms.